The van der Waals surface area contributed by atoms with E-state index >= 15 is 0 Å². The lowest BCUT2D eigenvalue weighted by molar-refractivity contribution is -0.135. The Labute approximate surface area is 129 Å². The molecular weight excluding hydrogens is 284 g/mol. The first-order valence-corrected chi connectivity index (χ1v) is 7.58. The normalized spacial score (nSPS) is 18.4. The van der Waals surface area contributed by atoms with Gasteiger partial charge < -0.3 is 14.6 Å². The second kappa shape index (κ2) is 6.77. The van der Waals surface area contributed by atoms with Crippen LogP contribution in [-0.4, -0.2) is 35.8 Å². The first-order chi connectivity index (χ1) is 10.4. The first-order valence-electron chi connectivity index (χ1n) is 7.58. The Balaban J connectivity index is 2.02. The molecule has 0 unspecified atom stereocenters. The van der Waals surface area contributed by atoms with Gasteiger partial charge in [0.05, 0.1) is 0 Å². The molecule has 0 aromatic carbocycles. The van der Waals surface area contributed by atoms with Gasteiger partial charge >= 0.3 is 0 Å². The number of likely N-dealkylation sites (tertiary alicyclic amines) is 1. The Hall–Kier alpha value is -2.11. The molecule has 0 spiro atoms. The Morgan fingerprint density at radius 3 is 2.73 bits per heavy atom. The van der Waals surface area contributed by atoms with Crippen molar-refractivity contribution in [2.24, 2.45) is 5.92 Å². The summed E-state index contributed by atoms with van der Waals surface area (Å²) in [7, 11) is 0. The van der Waals surface area contributed by atoms with Crippen molar-refractivity contribution in [3.05, 3.63) is 33.9 Å². The Morgan fingerprint density at radius 1 is 1.36 bits per heavy atom. The number of nitrogens with zero attached hydrogens (tertiary/aromatic N) is 1. The van der Waals surface area contributed by atoms with E-state index in [4.69, 9.17) is 4.42 Å². The first kappa shape index (κ1) is 16.3. The Bertz CT molecular complexity index is 621. The van der Waals surface area contributed by atoms with Gasteiger partial charge in [-0.1, -0.05) is 13.8 Å². The van der Waals surface area contributed by atoms with E-state index in [0.717, 1.165) is 19.4 Å². The van der Waals surface area contributed by atoms with E-state index in [2.05, 4.69) is 5.32 Å². The van der Waals surface area contributed by atoms with E-state index in [0.29, 0.717) is 12.3 Å². The fourth-order valence-corrected chi connectivity index (χ4v) is 2.63. The van der Waals surface area contributed by atoms with E-state index < -0.39 is 5.91 Å². The van der Waals surface area contributed by atoms with Gasteiger partial charge in [-0.3, -0.25) is 14.4 Å². The second-order valence-corrected chi connectivity index (χ2v) is 6.02. The molecule has 1 aromatic heterocycles. The van der Waals surface area contributed by atoms with E-state index in [9.17, 15) is 14.4 Å². The SMILES string of the molecule is Cc1cc(=O)cc(C(=O)N[C@H]2CCCN(C(=O)C(C)C)C2)o1. The second-order valence-electron chi connectivity index (χ2n) is 6.02. The molecule has 6 heteroatoms. The number of hydrogen-bond donors (Lipinski definition) is 1. The van der Waals surface area contributed by atoms with Crippen molar-refractivity contribution in [3.8, 4) is 0 Å². The summed E-state index contributed by atoms with van der Waals surface area (Å²) in [5.74, 6) is 0.0464. The minimum Gasteiger partial charge on any atom is -0.456 e. The minimum atomic E-state index is -0.412. The van der Waals surface area contributed by atoms with Crippen molar-refractivity contribution in [1.29, 1.82) is 0 Å². The molecule has 1 atom stereocenters. The summed E-state index contributed by atoms with van der Waals surface area (Å²) >= 11 is 0. The van der Waals surface area contributed by atoms with Crippen LogP contribution in [0.15, 0.2) is 21.3 Å². The fraction of sp³-hybridized carbons (Fsp3) is 0.562. The summed E-state index contributed by atoms with van der Waals surface area (Å²) in [6, 6.07) is 2.40. The van der Waals surface area contributed by atoms with Crippen molar-refractivity contribution >= 4 is 11.8 Å². The van der Waals surface area contributed by atoms with Crippen molar-refractivity contribution in [3.63, 3.8) is 0 Å². The van der Waals surface area contributed by atoms with Gasteiger partial charge in [0.15, 0.2) is 11.2 Å². The molecule has 120 valence electrons. The number of amides is 2. The molecule has 1 saturated heterocycles. The molecule has 22 heavy (non-hydrogen) atoms. The van der Waals surface area contributed by atoms with Crippen LogP contribution >= 0.6 is 0 Å². The monoisotopic (exact) mass is 306 g/mol. The molecule has 2 amide bonds. The van der Waals surface area contributed by atoms with Crippen LogP contribution < -0.4 is 10.7 Å². The van der Waals surface area contributed by atoms with Gasteiger partial charge in [-0.05, 0) is 19.8 Å². The van der Waals surface area contributed by atoms with Gasteiger partial charge in [-0.25, -0.2) is 0 Å². The van der Waals surface area contributed by atoms with Crippen LogP contribution in [0.25, 0.3) is 0 Å². The van der Waals surface area contributed by atoms with Crippen LogP contribution in [0.2, 0.25) is 0 Å². The van der Waals surface area contributed by atoms with Crippen LogP contribution in [0.1, 0.15) is 43.0 Å². The molecule has 2 rings (SSSR count). The number of rotatable bonds is 3. The molecule has 0 saturated carbocycles. The number of aryl methyl sites for hydroxylation is 1. The molecule has 1 N–H and O–H groups in total. The quantitative estimate of drug-likeness (QED) is 0.913. The third-order valence-electron chi connectivity index (χ3n) is 3.68. The standard InChI is InChI=1S/C16H22N2O4/c1-10(2)16(21)18-6-4-5-12(9-18)17-15(20)14-8-13(19)7-11(3)22-14/h7-8,10,12H,4-6,9H2,1-3H3,(H,17,20)/t12-/m0/s1. The molecule has 1 aromatic rings. The minimum absolute atomic E-state index is 0.0114. The lowest BCUT2D eigenvalue weighted by atomic mass is 10.0. The Kier molecular flexibility index (Phi) is 5.00. The largest absolute Gasteiger partial charge is 0.456 e. The summed E-state index contributed by atoms with van der Waals surface area (Å²) in [5.41, 5.74) is -0.255. The van der Waals surface area contributed by atoms with Crippen LogP contribution in [-0.2, 0) is 4.79 Å². The highest BCUT2D eigenvalue weighted by Gasteiger charge is 2.26. The highest BCUT2D eigenvalue weighted by molar-refractivity contribution is 5.91. The summed E-state index contributed by atoms with van der Waals surface area (Å²) < 4.78 is 5.28. The molecule has 0 radical (unpaired) electrons. The predicted molar refractivity (Wildman–Crippen MR) is 81.6 cm³/mol. The molecule has 1 aliphatic rings. The smallest absolute Gasteiger partial charge is 0.287 e. The number of carbonyl (C=O) groups excluding carboxylic acids is 2. The highest BCUT2D eigenvalue weighted by atomic mass is 16.3. The zero-order chi connectivity index (χ0) is 16.3. The van der Waals surface area contributed by atoms with E-state index in [-0.39, 0.29) is 29.1 Å². The average Bonchev–Trinajstić information content (AvgIpc) is 2.45. The van der Waals surface area contributed by atoms with Crippen molar-refractivity contribution < 1.29 is 14.0 Å². The topological polar surface area (TPSA) is 79.6 Å². The molecular formula is C16H22N2O4. The molecule has 0 aliphatic carbocycles. The average molecular weight is 306 g/mol. The maximum Gasteiger partial charge on any atom is 0.287 e. The van der Waals surface area contributed by atoms with Crippen LogP contribution in [0.4, 0.5) is 0 Å². The maximum absolute atomic E-state index is 12.2. The van der Waals surface area contributed by atoms with E-state index in [1.54, 1.807) is 11.8 Å². The molecule has 0 bridgehead atoms. The summed E-state index contributed by atoms with van der Waals surface area (Å²) in [5, 5.41) is 2.85. The van der Waals surface area contributed by atoms with Gasteiger partial charge in [0, 0.05) is 37.2 Å². The van der Waals surface area contributed by atoms with Gasteiger partial charge in [-0.15, -0.1) is 0 Å². The fourth-order valence-electron chi connectivity index (χ4n) is 2.63. The van der Waals surface area contributed by atoms with Gasteiger partial charge in [0.2, 0.25) is 5.91 Å². The number of carbonyl (C=O) groups is 2. The number of nitrogens with one attached hydrogen (secondary N) is 1. The highest BCUT2D eigenvalue weighted by Crippen LogP contribution is 2.14. The van der Waals surface area contributed by atoms with Crippen molar-refractivity contribution in [2.45, 2.75) is 39.7 Å². The zero-order valence-electron chi connectivity index (χ0n) is 13.2. The molecule has 2 heterocycles. The molecule has 6 nitrogen and oxygen atoms in total. The van der Waals surface area contributed by atoms with Gasteiger partial charge in [0.25, 0.3) is 5.91 Å². The summed E-state index contributed by atoms with van der Waals surface area (Å²) in [6.07, 6.45) is 1.66. The molecule has 1 aliphatic heterocycles. The third kappa shape index (κ3) is 3.96. The van der Waals surface area contributed by atoms with Crippen LogP contribution in [0.5, 0.6) is 0 Å². The third-order valence-corrected chi connectivity index (χ3v) is 3.68. The summed E-state index contributed by atoms with van der Waals surface area (Å²) in [4.78, 5) is 37.4. The number of piperidine rings is 1. The van der Waals surface area contributed by atoms with Crippen molar-refractivity contribution in [2.75, 3.05) is 13.1 Å². The predicted octanol–water partition coefficient (Wildman–Crippen LogP) is 1.33. The number of hydrogen-bond acceptors (Lipinski definition) is 4. The van der Waals surface area contributed by atoms with Crippen molar-refractivity contribution in [1.82, 2.24) is 10.2 Å². The van der Waals surface area contributed by atoms with Gasteiger partial charge in [-0.2, -0.15) is 0 Å². The van der Waals surface area contributed by atoms with E-state index in [1.165, 1.54) is 12.1 Å². The van der Waals surface area contributed by atoms with Crippen LogP contribution in [0, 0.1) is 12.8 Å². The van der Waals surface area contributed by atoms with E-state index in [1.807, 2.05) is 13.8 Å². The molecule has 1 fully saturated rings. The zero-order valence-corrected chi connectivity index (χ0v) is 13.2. The summed E-state index contributed by atoms with van der Waals surface area (Å²) in [6.45, 7) is 6.58. The lowest BCUT2D eigenvalue weighted by Crippen LogP contribution is -2.50. The lowest BCUT2D eigenvalue weighted by Gasteiger charge is -2.34. The van der Waals surface area contributed by atoms with Crippen LogP contribution in [0.3, 0.4) is 0 Å². The Morgan fingerprint density at radius 2 is 2.09 bits per heavy atom. The maximum atomic E-state index is 12.2. The van der Waals surface area contributed by atoms with Gasteiger partial charge in [0.1, 0.15) is 5.76 Å².